The molecule has 0 unspecified atom stereocenters. The summed E-state index contributed by atoms with van der Waals surface area (Å²) >= 11 is 0. The zero-order valence-electron chi connectivity index (χ0n) is 20.7. The monoisotopic (exact) mass is 495 g/mol. The minimum atomic E-state index is -0.384. The van der Waals surface area contributed by atoms with Gasteiger partial charge in [-0.3, -0.25) is 4.79 Å². The molecule has 1 saturated heterocycles. The Morgan fingerprint density at radius 1 is 1.06 bits per heavy atom. The minimum absolute atomic E-state index is 0.000819. The first-order valence-corrected chi connectivity index (χ1v) is 12.4. The molecule has 1 saturated carbocycles. The summed E-state index contributed by atoms with van der Waals surface area (Å²) in [4.78, 5) is 44.6. The summed E-state index contributed by atoms with van der Waals surface area (Å²) in [7, 11) is 0. The molecule has 10 heteroatoms. The lowest BCUT2D eigenvalue weighted by molar-refractivity contribution is -0.123. The zero-order chi connectivity index (χ0) is 25.5. The van der Waals surface area contributed by atoms with Crippen LogP contribution in [0.25, 0.3) is 0 Å². The topological polar surface area (TPSA) is 113 Å². The normalized spacial score (nSPS) is 16.2. The fraction of sp³-hybridized carbons (Fsp3) is 0.462. The maximum Gasteiger partial charge on any atom is 0.339 e. The lowest BCUT2D eigenvalue weighted by Gasteiger charge is -2.36. The van der Waals surface area contributed by atoms with Crippen molar-refractivity contribution in [3.05, 3.63) is 53.7 Å². The largest absolute Gasteiger partial charge is 0.484 e. The maximum atomic E-state index is 12.8. The second-order valence-corrected chi connectivity index (χ2v) is 8.97. The number of ether oxygens (including phenoxy) is 2. The second kappa shape index (κ2) is 11.7. The van der Waals surface area contributed by atoms with Gasteiger partial charge in [-0.2, -0.15) is 0 Å². The highest BCUT2D eigenvalue weighted by Crippen LogP contribution is 2.20. The summed E-state index contributed by atoms with van der Waals surface area (Å²) in [6.07, 6.45) is 3.61. The highest BCUT2D eigenvalue weighted by Gasteiger charge is 2.24. The fourth-order valence-corrected chi connectivity index (χ4v) is 3.91. The number of benzene rings is 1. The molecular weight excluding hydrogens is 462 g/mol. The molecule has 1 aliphatic heterocycles. The summed E-state index contributed by atoms with van der Waals surface area (Å²) in [5.41, 5.74) is 1.37. The van der Waals surface area contributed by atoms with E-state index in [1.807, 2.05) is 19.1 Å². The Bertz CT molecular complexity index is 1050. The Hall–Kier alpha value is -3.82. The van der Waals surface area contributed by atoms with Gasteiger partial charge in [0.1, 0.15) is 11.6 Å². The number of nitrogens with one attached hydrogen (secondary N) is 2. The van der Waals surface area contributed by atoms with E-state index in [9.17, 15) is 14.4 Å². The summed E-state index contributed by atoms with van der Waals surface area (Å²) in [6, 6.07) is 10.9. The SMILES string of the molecule is CCOC(=O)c1ccc(N2CCN(C(=O)N[C@H](C)c3ccc(OCC(=O)NC4CC4)cc3)CC2)nc1. The van der Waals surface area contributed by atoms with Crippen LogP contribution in [0.5, 0.6) is 5.75 Å². The molecule has 1 aromatic heterocycles. The second-order valence-electron chi connectivity index (χ2n) is 8.97. The molecule has 1 atom stereocenters. The Balaban J connectivity index is 1.21. The number of rotatable bonds is 9. The number of amides is 3. The molecule has 2 aromatic rings. The number of carbonyl (C=O) groups is 3. The van der Waals surface area contributed by atoms with Crippen LogP contribution in [0.3, 0.4) is 0 Å². The first kappa shape index (κ1) is 25.3. The third-order valence-electron chi connectivity index (χ3n) is 6.18. The smallest absolute Gasteiger partial charge is 0.339 e. The maximum absolute atomic E-state index is 12.8. The predicted octanol–water partition coefficient (Wildman–Crippen LogP) is 2.51. The molecule has 2 heterocycles. The van der Waals surface area contributed by atoms with Crippen molar-refractivity contribution >= 4 is 23.7 Å². The summed E-state index contributed by atoms with van der Waals surface area (Å²) < 4.78 is 10.5. The highest BCUT2D eigenvalue weighted by atomic mass is 16.5. The Morgan fingerprint density at radius 3 is 2.39 bits per heavy atom. The third-order valence-corrected chi connectivity index (χ3v) is 6.18. The molecule has 0 radical (unpaired) electrons. The van der Waals surface area contributed by atoms with E-state index in [0.29, 0.717) is 50.1 Å². The van der Waals surface area contributed by atoms with Gasteiger partial charge in [-0.15, -0.1) is 0 Å². The van der Waals surface area contributed by atoms with Gasteiger partial charge in [-0.25, -0.2) is 14.6 Å². The molecule has 10 nitrogen and oxygen atoms in total. The number of piperazine rings is 1. The van der Waals surface area contributed by atoms with Gasteiger partial charge in [-0.05, 0) is 56.5 Å². The average molecular weight is 496 g/mol. The van der Waals surface area contributed by atoms with Crippen LogP contribution in [0.4, 0.5) is 10.6 Å². The van der Waals surface area contributed by atoms with Gasteiger partial charge in [0.15, 0.2) is 6.61 Å². The van der Waals surface area contributed by atoms with E-state index in [-0.39, 0.29) is 30.6 Å². The van der Waals surface area contributed by atoms with Gasteiger partial charge in [0, 0.05) is 38.4 Å². The van der Waals surface area contributed by atoms with E-state index in [4.69, 9.17) is 9.47 Å². The van der Waals surface area contributed by atoms with E-state index in [2.05, 4.69) is 20.5 Å². The standard InChI is InChI=1S/C26H33N5O5/c1-3-35-25(33)20-6-11-23(27-16-20)30-12-14-31(15-13-30)26(34)28-18(2)19-4-9-22(10-5-19)36-17-24(32)29-21-7-8-21/h4-6,9-11,16,18,21H,3,7-8,12-15,17H2,1-2H3,(H,28,34)(H,29,32)/t18-/m1/s1. The van der Waals surface area contributed by atoms with Crippen molar-refractivity contribution in [3.63, 3.8) is 0 Å². The molecular formula is C26H33N5O5. The van der Waals surface area contributed by atoms with Crippen LogP contribution in [0.15, 0.2) is 42.6 Å². The Labute approximate surface area is 211 Å². The van der Waals surface area contributed by atoms with Crippen molar-refractivity contribution in [1.82, 2.24) is 20.5 Å². The van der Waals surface area contributed by atoms with Crippen molar-refractivity contribution in [2.75, 3.05) is 44.3 Å². The van der Waals surface area contributed by atoms with E-state index < -0.39 is 0 Å². The quantitative estimate of drug-likeness (QED) is 0.514. The van der Waals surface area contributed by atoms with Crippen LogP contribution >= 0.6 is 0 Å². The van der Waals surface area contributed by atoms with Gasteiger partial charge in [0.2, 0.25) is 0 Å². The van der Waals surface area contributed by atoms with Crippen LogP contribution in [0.2, 0.25) is 0 Å². The molecule has 3 amide bonds. The van der Waals surface area contributed by atoms with Crippen molar-refractivity contribution in [1.29, 1.82) is 0 Å². The van der Waals surface area contributed by atoms with Crippen molar-refractivity contribution in [2.24, 2.45) is 0 Å². The van der Waals surface area contributed by atoms with Crippen molar-refractivity contribution in [3.8, 4) is 5.75 Å². The first-order valence-electron chi connectivity index (χ1n) is 12.4. The van der Waals surface area contributed by atoms with Crippen molar-refractivity contribution in [2.45, 2.75) is 38.8 Å². The van der Waals surface area contributed by atoms with Crippen molar-refractivity contribution < 1.29 is 23.9 Å². The van der Waals surface area contributed by atoms with Crippen LogP contribution in [0, 0.1) is 0 Å². The Morgan fingerprint density at radius 2 is 1.78 bits per heavy atom. The summed E-state index contributed by atoms with van der Waals surface area (Å²) in [5, 5.41) is 5.94. The van der Waals surface area contributed by atoms with E-state index >= 15 is 0 Å². The van der Waals surface area contributed by atoms with Gasteiger partial charge < -0.3 is 29.9 Å². The van der Waals surface area contributed by atoms with Crippen LogP contribution < -0.4 is 20.3 Å². The van der Waals surface area contributed by atoms with Gasteiger partial charge >= 0.3 is 12.0 Å². The van der Waals surface area contributed by atoms with E-state index in [0.717, 1.165) is 24.2 Å². The van der Waals surface area contributed by atoms with E-state index in [1.54, 1.807) is 36.1 Å². The number of hydrogen-bond acceptors (Lipinski definition) is 7. The number of esters is 1. The summed E-state index contributed by atoms with van der Waals surface area (Å²) in [6.45, 7) is 6.44. The third kappa shape index (κ3) is 6.87. The minimum Gasteiger partial charge on any atom is -0.484 e. The van der Waals surface area contributed by atoms with Gasteiger partial charge in [0.25, 0.3) is 5.91 Å². The molecule has 2 fully saturated rings. The number of anilines is 1. The van der Waals surface area contributed by atoms with Crippen LogP contribution in [-0.2, 0) is 9.53 Å². The number of aromatic nitrogens is 1. The number of pyridine rings is 1. The first-order chi connectivity index (χ1) is 17.4. The number of carbonyl (C=O) groups excluding carboxylic acids is 3. The molecule has 192 valence electrons. The summed E-state index contributed by atoms with van der Waals surface area (Å²) in [5.74, 6) is 0.893. The van der Waals surface area contributed by atoms with Crippen LogP contribution in [-0.4, -0.2) is 73.2 Å². The van der Waals surface area contributed by atoms with Crippen LogP contribution in [0.1, 0.15) is 48.7 Å². The molecule has 0 bridgehead atoms. The van der Waals surface area contributed by atoms with Gasteiger partial charge in [-0.1, -0.05) is 12.1 Å². The zero-order valence-corrected chi connectivity index (χ0v) is 20.7. The molecule has 2 aliphatic rings. The predicted molar refractivity (Wildman–Crippen MR) is 134 cm³/mol. The average Bonchev–Trinajstić information content (AvgIpc) is 3.72. The number of nitrogens with zero attached hydrogens (tertiary/aromatic N) is 3. The van der Waals surface area contributed by atoms with Gasteiger partial charge in [0.05, 0.1) is 18.2 Å². The number of hydrogen-bond donors (Lipinski definition) is 2. The lowest BCUT2D eigenvalue weighted by Crippen LogP contribution is -2.52. The fourth-order valence-electron chi connectivity index (χ4n) is 3.91. The lowest BCUT2D eigenvalue weighted by atomic mass is 10.1. The number of urea groups is 1. The Kier molecular flexibility index (Phi) is 8.24. The molecule has 4 rings (SSSR count). The molecule has 0 spiro atoms. The molecule has 2 N–H and O–H groups in total. The molecule has 1 aromatic carbocycles. The van der Waals surface area contributed by atoms with E-state index in [1.165, 1.54) is 6.20 Å². The molecule has 36 heavy (non-hydrogen) atoms. The molecule has 1 aliphatic carbocycles. The highest BCUT2D eigenvalue weighted by molar-refractivity contribution is 5.89.